The number of carbonyl (C=O) groups excluding carboxylic acids is 1. The van der Waals surface area contributed by atoms with Gasteiger partial charge in [0, 0.05) is 31.6 Å². The van der Waals surface area contributed by atoms with Gasteiger partial charge in [0.2, 0.25) is 0 Å². The Morgan fingerprint density at radius 1 is 1.00 bits per heavy atom. The molecule has 0 spiro atoms. The van der Waals surface area contributed by atoms with E-state index in [0.717, 1.165) is 22.3 Å². The van der Waals surface area contributed by atoms with Crippen molar-refractivity contribution < 1.29 is 9.18 Å². The molecule has 132 valence electrons. The van der Waals surface area contributed by atoms with Crippen molar-refractivity contribution in [2.45, 2.75) is 6.92 Å². The van der Waals surface area contributed by atoms with Crippen molar-refractivity contribution >= 4 is 22.6 Å². The van der Waals surface area contributed by atoms with Gasteiger partial charge in [0.15, 0.2) is 0 Å². The van der Waals surface area contributed by atoms with Gasteiger partial charge < -0.3 is 9.80 Å². The maximum atomic E-state index is 13.9. The average molecular weight is 349 g/mol. The fourth-order valence-corrected chi connectivity index (χ4v) is 3.46. The van der Waals surface area contributed by atoms with E-state index in [9.17, 15) is 9.18 Å². The van der Waals surface area contributed by atoms with Crippen molar-refractivity contribution in [2.75, 3.05) is 31.1 Å². The van der Waals surface area contributed by atoms with E-state index in [2.05, 4.69) is 24.0 Å². The Labute approximate surface area is 151 Å². The predicted molar refractivity (Wildman–Crippen MR) is 101 cm³/mol. The number of hydrogen-bond acceptors (Lipinski definition) is 3. The molecule has 1 saturated heterocycles. The van der Waals surface area contributed by atoms with Crippen LogP contribution in [0.25, 0.3) is 10.9 Å². The molecule has 0 bridgehead atoms. The van der Waals surface area contributed by atoms with Gasteiger partial charge in [0.25, 0.3) is 5.91 Å². The van der Waals surface area contributed by atoms with E-state index in [4.69, 9.17) is 4.98 Å². The van der Waals surface area contributed by atoms with Crippen molar-refractivity contribution in [3.05, 3.63) is 71.5 Å². The number of anilines is 1. The number of benzene rings is 2. The summed E-state index contributed by atoms with van der Waals surface area (Å²) in [6.45, 7) is 4.55. The van der Waals surface area contributed by atoms with Gasteiger partial charge in [0.05, 0.1) is 11.1 Å². The number of carbonyl (C=O) groups is 1. The summed E-state index contributed by atoms with van der Waals surface area (Å²) in [5, 5.41) is 1.13. The molecule has 0 radical (unpaired) electrons. The molecule has 2 heterocycles. The molecule has 1 fully saturated rings. The van der Waals surface area contributed by atoms with E-state index in [1.807, 2.05) is 18.2 Å². The number of fused-ring (bicyclic) bond motifs is 1. The lowest BCUT2D eigenvalue weighted by Crippen LogP contribution is -2.49. The maximum absolute atomic E-state index is 13.9. The van der Waals surface area contributed by atoms with E-state index < -0.39 is 5.82 Å². The van der Waals surface area contributed by atoms with E-state index in [-0.39, 0.29) is 11.5 Å². The number of halogens is 1. The zero-order valence-electron chi connectivity index (χ0n) is 14.7. The lowest BCUT2D eigenvalue weighted by molar-refractivity contribution is 0.0742. The third-order valence-corrected chi connectivity index (χ3v) is 4.86. The molecule has 1 aliphatic heterocycles. The maximum Gasteiger partial charge on any atom is 0.256 e. The van der Waals surface area contributed by atoms with E-state index in [0.29, 0.717) is 26.2 Å². The number of aryl methyl sites for hydroxylation is 1. The number of para-hydroxylation sites is 1. The van der Waals surface area contributed by atoms with Gasteiger partial charge in [-0.3, -0.25) is 4.79 Å². The zero-order chi connectivity index (χ0) is 18.1. The normalized spacial score (nSPS) is 14.7. The van der Waals surface area contributed by atoms with Crippen LogP contribution in [0.2, 0.25) is 0 Å². The SMILES string of the molecule is Cc1cc2ccccc2nc1N1CCN(C(=O)c2ccccc2F)CC1. The zero-order valence-corrected chi connectivity index (χ0v) is 14.7. The van der Waals surface area contributed by atoms with Crippen molar-refractivity contribution in [1.29, 1.82) is 0 Å². The van der Waals surface area contributed by atoms with Crippen molar-refractivity contribution in [3.8, 4) is 0 Å². The lowest BCUT2D eigenvalue weighted by atomic mass is 10.1. The molecule has 26 heavy (non-hydrogen) atoms. The van der Waals surface area contributed by atoms with Crippen LogP contribution < -0.4 is 4.90 Å². The molecule has 1 aromatic heterocycles. The average Bonchev–Trinajstić information content (AvgIpc) is 2.67. The molecule has 5 heteroatoms. The van der Waals surface area contributed by atoms with E-state index >= 15 is 0 Å². The summed E-state index contributed by atoms with van der Waals surface area (Å²) in [7, 11) is 0. The van der Waals surface area contributed by atoms with Gasteiger partial charge in [0.1, 0.15) is 11.6 Å². The van der Waals surface area contributed by atoms with E-state index in [1.54, 1.807) is 23.1 Å². The highest BCUT2D eigenvalue weighted by molar-refractivity contribution is 5.94. The molecule has 0 atom stereocenters. The second-order valence-electron chi connectivity index (χ2n) is 6.58. The monoisotopic (exact) mass is 349 g/mol. The third-order valence-electron chi connectivity index (χ3n) is 4.86. The summed E-state index contributed by atoms with van der Waals surface area (Å²) in [5.41, 5.74) is 2.23. The summed E-state index contributed by atoms with van der Waals surface area (Å²) in [6.07, 6.45) is 0. The van der Waals surface area contributed by atoms with Crippen LogP contribution in [0.1, 0.15) is 15.9 Å². The number of piperazine rings is 1. The Bertz CT molecular complexity index is 964. The summed E-state index contributed by atoms with van der Waals surface area (Å²) in [5.74, 6) is 0.250. The fraction of sp³-hybridized carbons (Fsp3) is 0.238. The molecular weight excluding hydrogens is 329 g/mol. The van der Waals surface area contributed by atoms with Gasteiger partial charge in [-0.05, 0) is 36.8 Å². The number of rotatable bonds is 2. The molecular formula is C21H20FN3O. The molecule has 0 saturated carbocycles. The van der Waals surface area contributed by atoms with Gasteiger partial charge in [-0.15, -0.1) is 0 Å². The largest absolute Gasteiger partial charge is 0.353 e. The van der Waals surface area contributed by atoms with Crippen molar-refractivity contribution in [2.24, 2.45) is 0 Å². The van der Waals surface area contributed by atoms with E-state index in [1.165, 1.54) is 6.07 Å². The topological polar surface area (TPSA) is 36.4 Å². The minimum atomic E-state index is -0.466. The first-order valence-electron chi connectivity index (χ1n) is 8.78. The first-order valence-corrected chi connectivity index (χ1v) is 8.78. The van der Waals surface area contributed by atoms with Gasteiger partial charge >= 0.3 is 0 Å². The highest BCUT2D eigenvalue weighted by atomic mass is 19.1. The Hall–Kier alpha value is -2.95. The Morgan fingerprint density at radius 3 is 2.46 bits per heavy atom. The lowest BCUT2D eigenvalue weighted by Gasteiger charge is -2.36. The second-order valence-corrected chi connectivity index (χ2v) is 6.58. The molecule has 0 aliphatic carbocycles. The minimum Gasteiger partial charge on any atom is -0.353 e. The molecule has 0 unspecified atom stereocenters. The number of amides is 1. The van der Waals surface area contributed by atoms with Crippen LogP contribution in [0, 0.1) is 12.7 Å². The van der Waals surface area contributed by atoms with Gasteiger partial charge in [-0.2, -0.15) is 0 Å². The van der Waals surface area contributed by atoms with Gasteiger partial charge in [-0.1, -0.05) is 30.3 Å². The summed E-state index contributed by atoms with van der Waals surface area (Å²) < 4.78 is 13.9. The van der Waals surface area contributed by atoms with Crippen molar-refractivity contribution in [3.63, 3.8) is 0 Å². The molecule has 3 aromatic rings. The molecule has 1 aliphatic rings. The molecule has 4 nitrogen and oxygen atoms in total. The highest BCUT2D eigenvalue weighted by Crippen LogP contribution is 2.24. The van der Waals surface area contributed by atoms with Gasteiger partial charge in [-0.25, -0.2) is 9.37 Å². The number of pyridine rings is 1. The van der Waals surface area contributed by atoms with Crippen LogP contribution in [-0.4, -0.2) is 42.0 Å². The molecule has 4 rings (SSSR count). The predicted octanol–water partition coefficient (Wildman–Crippen LogP) is 3.64. The van der Waals surface area contributed by atoms with Crippen LogP contribution in [-0.2, 0) is 0 Å². The summed E-state index contributed by atoms with van der Waals surface area (Å²) in [6, 6.07) is 16.4. The Kier molecular flexibility index (Phi) is 4.29. The smallest absolute Gasteiger partial charge is 0.256 e. The fourth-order valence-electron chi connectivity index (χ4n) is 3.46. The molecule has 0 N–H and O–H groups in total. The molecule has 1 amide bonds. The Balaban J connectivity index is 1.51. The number of hydrogen-bond donors (Lipinski definition) is 0. The Morgan fingerprint density at radius 2 is 1.69 bits per heavy atom. The highest BCUT2D eigenvalue weighted by Gasteiger charge is 2.25. The quantitative estimate of drug-likeness (QED) is 0.709. The van der Waals surface area contributed by atoms with Crippen LogP contribution >= 0.6 is 0 Å². The van der Waals surface area contributed by atoms with Crippen molar-refractivity contribution in [1.82, 2.24) is 9.88 Å². The minimum absolute atomic E-state index is 0.140. The third kappa shape index (κ3) is 3.01. The first kappa shape index (κ1) is 16.5. The number of nitrogens with zero attached hydrogens (tertiary/aromatic N) is 3. The van der Waals surface area contributed by atoms with Crippen LogP contribution in [0.3, 0.4) is 0 Å². The second kappa shape index (κ2) is 6.75. The first-order chi connectivity index (χ1) is 12.6. The van der Waals surface area contributed by atoms with Crippen LogP contribution in [0.15, 0.2) is 54.6 Å². The number of aromatic nitrogens is 1. The standard InChI is InChI=1S/C21H20FN3O/c1-15-14-16-6-2-5-9-19(16)23-20(15)24-10-12-25(13-11-24)21(26)17-7-3-4-8-18(17)22/h2-9,14H,10-13H2,1H3. The summed E-state index contributed by atoms with van der Waals surface area (Å²) in [4.78, 5) is 21.3. The van der Waals surface area contributed by atoms with Crippen LogP contribution in [0.4, 0.5) is 10.2 Å². The van der Waals surface area contributed by atoms with Crippen LogP contribution in [0.5, 0.6) is 0 Å². The molecule has 2 aromatic carbocycles. The summed E-state index contributed by atoms with van der Waals surface area (Å²) >= 11 is 0.